The minimum absolute atomic E-state index is 0.550. The van der Waals surface area contributed by atoms with Gasteiger partial charge in [0, 0.05) is 18.3 Å². The SMILES string of the molecule is CC([SiH3])[Si](C)(C)CC(C)(C)C. The van der Waals surface area contributed by atoms with Crippen LogP contribution in [0.5, 0.6) is 0 Å². The molecule has 0 aliphatic rings. The van der Waals surface area contributed by atoms with E-state index in [1.165, 1.54) is 16.3 Å². The first kappa shape index (κ1) is 11.4. The summed E-state index contributed by atoms with van der Waals surface area (Å²) in [6.45, 7) is 14.6. The Balaban J connectivity index is 4.13. The van der Waals surface area contributed by atoms with Crippen LogP contribution in [-0.2, 0) is 0 Å². The Hall–Kier alpha value is 0.434. The van der Waals surface area contributed by atoms with E-state index in [0.717, 1.165) is 5.16 Å². The third kappa shape index (κ3) is 4.80. The Morgan fingerprint density at radius 3 is 1.73 bits per heavy atom. The molecule has 0 aromatic carbocycles. The molecule has 0 nitrogen and oxygen atoms in total. The molecular weight excluding hydrogens is 164 g/mol. The molecule has 1 unspecified atom stereocenters. The van der Waals surface area contributed by atoms with Gasteiger partial charge in [-0.3, -0.25) is 0 Å². The molecule has 0 aromatic heterocycles. The van der Waals surface area contributed by atoms with E-state index in [1.54, 1.807) is 0 Å². The van der Waals surface area contributed by atoms with Crippen molar-refractivity contribution >= 4 is 18.3 Å². The fourth-order valence-corrected chi connectivity index (χ4v) is 5.33. The monoisotopic (exact) mass is 188 g/mol. The van der Waals surface area contributed by atoms with Gasteiger partial charge in [-0.1, -0.05) is 52.0 Å². The van der Waals surface area contributed by atoms with Crippen LogP contribution in [0.3, 0.4) is 0 Å². The van der Waals surface area contributed by atoms with Crippen LogP contribution in [0.25, 0.3) is 0 Å². The zero-order chi connectivity index (χ0) is 9.28. The summed E-state index contributed by atoms with van der Waals surface area (Å²) in [6, 6.07) is 1.48. The third-order valence-electron chi connectivity index (χ3n) is 2.55. The van der Waals surface area contributed by atoms with Crippen molar-refractivity contribution in [3.63, 3.8) is 0 Å². The summed E-state index contributed by atoms with van der Waals surface area (Å²) >= 11 is 0. The van der Waals surface area contributed by atoms with Crippen LogP contribution in [-0.4, -0.2) is 18.3 Å². The van der Waals surface area contributed by atoms with Crippen molar-refractivity contribution in [1.82, 2.24) is 0 Å². The maximum atomic E-state index is 2.54. The van der Waals surface area contributed by atoms with Gasteiger partial charge in [0.05, 0.1) is 0 Å². The predicted octanol–water partition coefficient (Wildman–Crippen LogP) is 2.45. The molecule has 11 heavy (non-hydrogen) atoms. The Morgan fingerprint density at radius 1 is 1.27 bits per heavy atom. The second kappa shape index (κ2) is 3.44. The van der Waals surface area contributed by atoms with Crippen LogP contribution in [0.2, 0.25) is 24.3 Å². The molecule has 0 rings (SSSR count). The van der Waals surface area contributed by atoms with E-state index in [-0.39, 0.29) is 0 Å². The van der Waals surface area contributed by atoms with Crippen LogP contribution < -0.4 is 0 Å². The van der Waals surface area contributed by atoms with E-state index in [4.69, 9.17) is 0 Å². The van der Waals surface area contributed by atoms with E-state index in [0.29, 0.717) is 5.41 Å². The second-order valence-corrected chi connectivity index (χ2v) is 14.3. The molecule has 68 valence electrons. The van der Waals surface area contributed by atoms with Gasteiger partial charge in [-0.15, -0.1) is 0 Å². The molecule has 0 N–H and O–H groups in total. The summed E-state index contributed by atoms with van der Waals surface area (Å²) < 4.78 is 0. The van der Waals surface area contributed by atoms with Gasteiger partial charge < -0.3 is 0 Å². The molecule has 0 aromatic rings. The second-order valence-electron chi connectivity index (χ2n) is 5.88. The lowest BCUT2D eigenvalue weighted by Crippen LogP contribution is -2.35. The molecule has 0 radical (unpaired) electrons. The van der Waals surface area contributed by atoms with E-state index in [9.17, 15) is 0 Å². The van der Waals surface area contributed by atoms with Crippen LogP contribution in [0, 0.1) is 5.41 Å². The molecule has 0 bridgehead atoms. The van der Waals surface area contributed by atoms with Crippen molar-refractivity contribution in [3.8, 4) is 0 Å². The van der Waals surface area contributed by atoms with Gasteiger partial charge in [0.15, 0.2) is 0 Å². The lowest BCUT2D eigenvalue weighted by molar-refractivity contribution is 0.460. The van der Waals surface area contributed by atoms with Crippen LogP contribution >= 0.6 is 0 Å². The molecular formula is C9H24Si2. The van der Waals surface area contributed by atoms with Gasteiger partial charge in [-0.25, -0.2) is 0 Å². The first-order chi connectivity index (χ1) is 4.65. The molecule has 0 amide bonds. The van der Waals surface area contributed by atoms with Gasteiger partial charge >= 0.3 is 0 Å². The average molecular weight is 188 g/mol. The van der Waals surface area contributed by atoms with Crippen LogP contribution in [0.4, 0.5) is 0 Å². The van der Waals surface area contributed by atoms with E-state index < -0.39 is 8.07 Å². The van der Waals surface area contributed by atoms with Gasteiger partial charge in [-0.05, 0) is 5.41 Å². The standard InChI is InChI=1S/C9H24Si2/c1-8(10)11(5,6)7-9(2,3)4/h8H,7H2,1-6,10H3. The van der Waals surface area contributed by atoms with E-state index in [1.807, 2.05) is 0 Å². The number of hydrogen-bond donors (Lipinski definition) is 0. The maximum absolute atomic E-state index is 2.54. The average Bonchev–Trinajstić information content (AvgIpc) is 1.56. The smallest absolute Gasteiger partial charge is 0.0473 e. The maximum Gasteiger partial charge on any atom is 0.0473 e. The summed E-state index contributed by atoms with van der Waals surface area (Å²) in [4.78, 5) is 0. The lowest BCUT2D eigenvalue weighted by Gasteiger charge is -2.34. The van der Waals surface area contributed by atoms with Crippen molar-refractivity contribution in [1.29, 1.82) is 0 Å². The Labute approximate surface area is 76.2 Å². The summed E-state index contributed by atoms with van der Waals surface area (Å²) in [6.07, 6.45) is 0. The van der Waals surface area contributed by atoms with Crippen LogP contribution in [0.1, 0.15) is 27.7 Å². The minimum Gasteiger partial charge on any atom is -0.0694 e. The molecule has 0 spiro atoms. The van der Waals surface area contributed by atoms with E-state index in [2.05, 4.69) is 40.8 Å². The number of rotatable bonds is 2. The highest BCUT2D eigenvalue weighted by molar-refractivity contribution is 6.83. The summed E-state index contributed by atoms with van der Waals surface area (Å²) in [5.41, 5.74) is 0.550. The normalized spacial score (nSPS) is 16.9. The fraction of sp³-hybridized carbons (Fsp3) is 1.00. The molecule has 0 aliphatic heterocycles. The highest BCUT2D eigenvalue weighted by Gasteiger charge is 2.29. The topological polar surface area (TPSA) is 0 Å². The fourth-order valence-electron chi connectivity index (χ4n) is 1.57. The van der Waals surface area contributed by atoms with Gasteiger partial charge in [0.1, 0.15) is 0 Å². The van der Waals surface area contributed by atoms with Gasteiger partial charge in [0.25, 0.3) is 0 Å². The zero-order valence-corrected chi connectivity index (χ0v) is 12.3. The van der Waals surface area contributed by atoms with Crippen molar-refractivity contribution < 1.29 is 0 Å². The molecule has 0 saturated carbocycles. The Kier molecular flexibility index (Phi) is 3.57. The van der Waals surface area contributed by atoms with Crippen molar-refractivity contribution in [2.24, 2.45) is 5.41 Å². The first-order valence-electron chi connectivity index (χ1n) is 4.65. The predicted molar refractivity (Wildman–Crippen MR) is 61.1 cm³/mol. The van der Waals surface area contributed by atoms with Crippen molar-refractivity contribution in [2.45, 2.75) is 52.0 Å². The van der Waals surface area contributed by atoms with E-state index >= 15 is 0 Å². The zero-order valence-electron chi connectivity index (χ0n) is 9.28. The third-order valence-corrected chi connectivity index (χ3v) is 12.3. The molecule has 0 fully saturated rings. The highest BCUT2D eigenvalue weighted by Crippen LogP contribution is 2.32. The molecule has 2 heteroatoms. The molecule has 0 heterocycles. The molecule has 0 aliphatic carbocycles. The Morgan fingerprint density at radius 2 is 1.64 bits per heavy atom. The Bertz CT molecular complexity index is 120. The van der Waals surface area contributed by atoms with Crippen LogP contribution in [0.15, 0.2) is 0 Å². The largest absolute Gasteiger partial charge is 0.0694 e. The quantitative estimate of drug-likeness (QED) is 0.584. The first-order valence-corrected chi connectivity index (χ1v) is 9.09. The van der Waals surface area contributed by atoms with Gasteiger partial charge in [-0.2, -0.15) is 0 Å². The summed E-state index contributed by atoms with van der Waals surface area (Å²) in [5.74, 6) is 0. The highest BCUT2D eigenvalue weighted by atomic mass is 28.4. The summed E-state index contributed by atoms with van der Waals surface area (Å²) in [5, 5.41) is 1.06. The molecule has 1 atom stereocenters. The van der Waals surface area contributed by atoms with Crippen molar-refractivity contribution in [3.05, 3.63) is 0 Å². The minimum atomic E-state index is -0.854. The van der Waals surface area contributed by atoms with Gasteiger partial charge in [0.2, 0.25) is 0 Å². The summed E-state index contributed by atoms with van der Waals surface area (Å²) in [7, 11) is 0.528. The van der Waals surface area contributed by atoms with Crippen molar-refractivity contribution in [2.75, 3.05) is 0 Å². The lowest BCUT2D eigenvalue weighted by atomic mass is 10.0. The molecule has 0 saturated heterocycles. The number of hydrogen-bond acceptors (Lipinski definition) is 0.